The molecule has 0 aliphatic heterocycles. The van der Waals surface area contributed by atoms with Crippen LogP contribution in [0, 0.1) is 19.7 Å². The molecule has 0 saturated heterocycles. The minimum Gasteiger partial charge on any atom is -0.239 e. The fourth-order valence-corrected chi connectivity index (χ4v) is 4.05. The molecule has 0 fully saturated rings. The molecule has 7 heteroatoms. The number of halogens is 2. The summed E-state index contributed by atoms with van der Waals surface area (Å²) in [5.41, 5.74) is 6.20. The third-order valence-corrected chi connectivity index (χ3v) is 5.52. The summed E-state index contributed by atoms with van der Waals surface area (Å²) in [6.45, 7) is 3.86. The maximum atomic E-state index is 13.5. The van der Waals surface area contributed by atoms with Gasteiger partial charge in [0.2, 0.25) is 0 Å². The van der Waals surface area contributed by atoms with Crippen LogP contribution >= 0.6 is 11.6 Å². The van der Waals surface area contributed by atoms with Crippen molar-refractivity contribution in [3.05, 3.63) is 101 Å². The number of benzene rings is 2. The highest BCUT2D eigenvalue weighted by Crippen LogP contribution is 2.31. The van der Waals surface area contributed by atoms with Crippen molar-refractivity contribution >= 4 is 17.2 Å². The molecule has 0 unspecified atom stereocenters. The molecule has 2 aromatic carbocycles. The van der Waals surface area contributed by atoms with E-state index >= 15 is 0 Å². The number of rotatable bonds is 4. The van der Waals surface area contributed by atoms with Gasteiger partial charge in [-0.25, -0.2) is 23.9 Å². The van der Waals surface area contributed by atoms with Crippen LogP contribution in [0.2, 0.25) is 5.02 Å². The van der Waals surface area contributed by atoms with Crippen molar-refractivity contribution in [2.24, 2.45) is 0 Å². The smallest absolute Gasteiger partial charge is 0.163 e. The van der Waals surface area contributed by atoms with E-state index in [1.807, 2.05) is 38.2 Å². The zero-order valence-corrected chi connectivity index (χ0v) is 18.3. The van der Waals surface area contributed by atoms with E-state index < -0.39 is 0 Å². The quantitative estimate of drug-likeness (QED) is 0.349. The lowest BCUT2D eigenvalue weighted by Gasteiger charge is -2.05. The summed E-state index contributed by atoms with van der Waals surface area (Å²) in [6.07, 6.45) is 2.43. The Balaban J connectivity index is 1.45. The van der Waals surface area contributed by atoms with E-state index in [9.17, 15) is 4.39 Å². The number of nitrogens with zero attached hydrogens (tertiary/aromatic N) is 5. The number of pyridine rings is 1. The van der Waals surface area contributed by atoms with Crippen molar-refractivity contribution in [2.45, 2.75) is 20.3 Å². The lowest BCUT2D eigenvalue weighted by molar-refractivity contribution is 0.628. The normalized spacial score (nSPS) is 11.2. The molecule has 0 amide bonds. The van der Waals surface area contributed by atoms with Gasteiger partial charge in [0.1, 0.15) is 11.6 Å². The molecular weight excluding hydrogens is 425 g/mol. The standard InChI is InChI=1S/C25H19ClFN5/c1-15-12-23(29-16(2)28-15)18-7-5-17(6-8-18)13-24-30-25-21(4-3-11-32(25)31-24)20-10-9-19(27)14-22(20)26/h3-12,14H,13H2,1-2H3. The van der Waals surface area contributed by atoms with Crippen LogP contribution in [-0.2, 0) is 6.42 Å². The third-order valence-electron chi connectivity index (χ3n) is 5.21. The van der Waals surface area contributed by atoms with Gasteiger partial charge in [-0.15, -0.1) is 0 Å². The molecular formula is C25H19ClFN5. The van der Waals surface area contributed by atoms with Crippen LogP contribution in [0.15, 0.2) is 66.9 Å². The predicted octanol–water partition coefficient (Wildman–Crippen LogP) is 5.85. The Hall–Kier alpha value is -3.64. The summed E-state index contributed by atoms with van der Waals surface area (Å²) < 4.78 is 15.2. The molecule has 0 radical (unpaired) electrons. The summed E-state index contributed by atoms with van der Waals surface area (Å²) >= 11 is 6.28. The van der Waals surface area contributed by atoms with Gasteiger partial charge in [-0.2, -0.15) is 5.10 Å². The van der Waals surface area contributed by atoms with E-state index in [-0.39, 0.29) is 5.82 Å². The highest BCUT2D eigenvalue weighted by atomic mass is 35.5. The molecule has 0 aliphatic rings. The Morgan fingerprint density at radius 2 is 1.72 bits per heavy atom. The fraction of sp³-hybridized carbons (Fsp3) is 0.120. The summed E-state index contributed by atoms with van der Waals surface area (Å²) in [5, 5.41) is 4.95. The molecule has 0 N–H and O–H groups in total. The molecule has 0 saturated carbocycles. The first kappa shape index (κ1) is 20.3. The monoisotopic (exact) mass is 443 g/mol. The Morgan fingerprint density at radius 1 is 0.906 bits per heavy atom. The number of aromatic nitrogens is 5. The lowest BCUT2D eigenvalue weighted by Crippen LogP contribution is -1.95. The summed E-state index contributed by atoms with van der Waals surface area (Å²) in [4.78, 5) is 13.6. The minimum atomic E-state index is -0.372. The zero-order chi connectivity index (χ0) is 22.2. The van der Waals surface area contributed by atoms with E-state index in [0.29, 0.717) is 22.9 Å². The second kappa shape index (κ2) is 8.13. The molecule has 3 heterocycles. The van der Waals surface area contributed by atoms with Crippen molar-refractivity contribution < 1.29 is 4.39 Å². The maximum Gasteiger partial charge on any atom is 0.163 e. The fourth-order valence-electron chi connectivity index (χ4n) is 3.78. The van der Waals surface area contributed by atoms with Crippen LogP contribution < -0.4 is 0 Å². The SMILES string of the molecule is Cc1cc(-c2ccc(Cc3nc4c(-c5ccc(F)cc5Cl)cccn4n3)cc2)nc(C)n1. The van der Waals surface area contributed by atoms with Crippen molar-refractivity contribution in [1.82, 2.24) is 24.6 Å². The van der Waals surface area contributed by atoms with Crippen molar-refractivity contribution in [3.63, 3.8) is 0 Å². The van der Waals surface area contributed by atoms with Gasteiger partial charge in [0.05, 0.1) is 10.7 Å². The second-order valence-corrected chi connectivity index (χ2v) is 8.06. The van der Waals surface area contributed by atoms with E-state index in [2.05, 4.69) is 39.3 Å². The van der Waals surface area contributed by atoms with Crippen LogP contribution in [0.1, 0.15) is 22.9 Å². The van der Waals surface area contributed by atoms with Crippen LogP contribution in [0.4, 0.5) is 4.39 Å². The van der Waals surface area contributed by atoms with Crippen LogP contribution in [0.3, 0.4) is 0 Å². The Morgan fingerprint density at radius 3 is 2.47 bits per heavy atom. The molecule has 5 rings (SSSR count). The van der Waals surface area contributed by atoms with Crippen LogP contribution in [-0.4, -0.2) is 24.6 Å². The van der Waals surface area contributed by atoms with Crippen molar-refractivity contribution in [2.75, 3.05) is 0 Å². The van der Waals surface area contributed by atoms with Gasteiger partial charge in [-0.1, -0.05) is 35.9 Å². The van der Waals surface area contributed by atoms with Gasteiger partial charge in [-0.05, 0) is 55.8 Å². The first-order valence-corrected chi connectivity index (χ1v) is 10.6. The Kier molecular flexibility index (Phi) is 5.15. The highest BCUT2D eigenvalue weighted by molar-refractivity contribution is 6.33. The molecule has 5 nitrogen and oxygen atoms in total. The number of hydrogen-bond donors (Lipinski definition) is 0. The zero-order valence-electron chi connectivity index (χ0n) is 17.5. The van der Waals surface area contributed by atoms with Crippen molar-refractivity contribution in [1.29, 1.82) is 0 Å². The maximum absolute atomic E-state index is 13.5. The van der Waals surface area contributed by atoms with Gasteiger partial charge < -0.3 is 0 Å². The highest BCUT2D eigenvalue weighted by Gasteiger charge is 2.13. The predicted molar refractivity (Wildman–Crippen MR) is 123 cm³/mol. The van der Waals surface area contributed by atoms with Crippen LogP contribution in [0.25, 0.3) is 28.0 Å². The minimum absolute atomic E-state index is 0.341. The third kappa shape index (κ3) is 3.97. The summed E-state index contributed by atoms with van der Waals surface area (Å²) in [7, 11) is 0. The van der Waals surface area contributed by atoms with E-state index in [0.717, 1.165) is 39.5 Å². The van der Waals surface area contributed by atoms with Gasteiger partial charge in [0.15, 0.2) is 11.5 Å². The molecule has 32 heavy (non-hydrogen) atoms. The van der Waals surface area contributed by atoms with E-state index in [1.54, 1.807) is 10.6 Å². The topological polar surface area (TPSA) is 56.0 Å². The molecule has 0 spiro atoms. The molecule has 0 atom stereocenters. The number of aryl methyl sites for hydroxylation is 2. The Labute approximate surface area is 189 Å². The summed E-state index contributed by atoms with van der Waals surface area (Å²) in [6, 6.07) is 18.4. The summed E-state index contributed by atoms with van der Waals surface area (Å²) in [5.74, 6) is 1.08. The first-order chi connectivity index (χ1) is 15.5. The van der Waals surface area contributed by atoms with Gasteiger partial charge in [0, 0.05) is 35.0 Å². The average molecular weight is 444 g/mol. The van der Waals surface area contributed by atoms with Crippen molar-refractivity contribution in [3.8, 4) is 22.4 Å². The number of hydrogen-bond acceptors (Lipinski definition) is 4. The first-order valence-electron chi connectivity index (χ1n) is 10.2. The number of fused-ring (bicyclic) bond motifs is 1. The second-order valence-electron chi connectivity index (χ2n) is 7.66. The average Bonchev–Trinajstić information content (AvgIpc) is 3.16. The molecule has 3 aromatic heterocycles. The van der Waals surface area contributed by atoms with Gasteiger partial charge in [0.25, 0.3) is 0 Å². The largest absolute Gasteiger partial charge is 0.239 e. The molecule has 5 aromatic rings. The Bertz CT molecular complexity index is 1420. The molecule has 158 valence electrons. The van der Waals surface area contributed by atoms with E-state index in [1.165, 1.54) is 12.1 Å². The van der Waals surface area contributed by atoms with Crippen LogP contribution in [0.5, 0.6) is 0 Å². The van der Waals surface area contributed by atoms with E-state index in [4.69, 9.17) is 16.6 Å². The molecule has 0 bridgehead atoms. The molecule has 0 aliphatic carbocycles. The lowest BCUT2D eigenvalue weighted by atomic mass is 10.1. The van der Waals surface area contributed by atoms with Gasteiger partial charge in [-0.3, -0.25) is 0 Å². The van der Waals surface area contributed by atoms with Gasteiger partial charge >= 0.3 is 0 Å².